The van der Waals surface area contributed by atoms with Gasteiger partial charge in [0.1, 0.15) is 0 Å². The van der Waals surface area contributed by atoms with E-state index >= 15 is 0 Å². The van der Waals surface area contributed by atoms with Crippen LogP contribution in [0.2, 0.25) is 0 Å². The minimum absolute atomic E-state index is 0.981. The highest BCUT2D eigenvalue weighted by Gasteiger charge is 2.17. The molecule has 11 heavy (non-hydrogen) atoms. The van der Waals surface area contributed by atoms with E-state index in [-0.39, 0.29) is 0 Å². The molecular weight excluding hydrogens is 198 g/mol. The van der Waals surface area contributed by atoms with E-state index in [1.165, 1.54) is 16.0 Å². The summed E-state index contributed by atoms with van der Waals surface area (Å²) in [5.41, 5.74) is 1.17. The maximum absolute atomic E-state index is 9.92. The van der Waals surface area contributed by atoms with Crippen molar-refractivity contribution in [3.05, 3.63) is 25.8 Å². The second-order valence-corrected chi connectivity index (χ2v) is 5.14. The van der Waals surface area contributed by atoms with Crippen molar-refractivity contribution in [3.63, 3.8) is 0 Å². The third-order valence-corrected chi connectivity index (χ3v) is 5.40. The fourth-order valence-corrected chi connectivity index (χ4v) is 4.49. The van der Waals surface area contributed by atoms with Crippen molar-refractivity contribution in [3.8, 4) is 0 Å². The van der Waals surface area contributed by atoms with Gasteiger partial charge in [0.25, 0.3) is 0 Å². The van der Waals surface area contributed by atoms with E-state index in [9.17, 15) is 4.91 Å². The van der Waals surface area contributed by atoms with Gasteiger partial charge in [0, 0.05) is 4.91 Å². The van der Waals surface area contributed by atoms with Gasteiger partial charge in [-0.1, -0.05) is 0 Å². The normalized spacial score (nSPS) is 21.5. The van der Waals surface area contributed by atoms with Gasteiger partial charge in [-0.2, -0.15) is 0 Å². The Balaban J connectivity index is 2.85. The summed E-state index contributed by atoms with van der Waals surface area (Å²) >= 11 is 1.71. The van der Waals surface area contributed by atoms with Crippen LogP contribution in [0.5, 0.6) is 0 Å². The lowest BCUT2D eigenvalue weighted by molar-refractivity contribution is 1.45. The predicted molar refractivity (Wildman–Crippen MR) is 55.3 cm³/mol. The summed E-state index contributed by atoms with van der Waals surface area (Å²) in [7, 11) is 3.29. The Hall–Kier alpha value is 0.130. The Bertz CT molecular complexity index is 234. The predicted octanol–water partition coefficient (Wildman–Crippen LogP) is 3.58. The van der Waals surface area contributed by atoms with E-state index in [4.69, 9.17) is 0 Å². The molecule has 0 aliphatic carbocycles. The second kappa shape index (κ2) is 4.23. The van der Waals surface area contributed by atoms with Crippen LogP contribution < -0.4 is 0 Å². The lowest BCUT2D eigenvalue weighted by Gasteiger charge is -1.92. The molecule has 0 atom stereocenters. The van der Waals surface area contributed by atoms with Gasteiger partial charge in [0.2, 0.25) is 0 Å². The van der Waals surface area contributed by atoms with Gasteiger partial charge in [0.15, 0.2) is 0 Å². The summed E-state index contributed by atoms with van der Waals surface area (Å²) in [4.78, 5) is 10.9. The molecule has 0 spiro atoms. The van der Waals surface area contributed by atoms with Gasteiger partial charge in [-0.3, -0.25) is 0 Å². The lowest BCUT2D eigenvalue weighted by Crippen LogP contribution is -1.72. The fourth-order valence-electron chi connectivity index (χ4n) is 0.662. The monoisotopic (exact) mass is 205 g/mol. The Morgan fingerprint density at radius 3 is 2.73 bits per heavy atom. The molecule has 0 amide bonds. The van der Waals surface area contributed by atoms with Gasteiger partial charge < -0.3 is 0 Å². The van der Waals surface area contributed by atoms with Crippen molar-refractivity contribution in [1.29, 1.82) is 0 Å². The molecule has 0 aromatic rings. The number of rotatable bonds is 2. The largest absolute Gasteiger partial charge is 0.145 e. The minimum Gasteiger partial charge on any atom is -0.145 e. The minimum atomic E-state index is 0.981. The molecule has 1 rings (SSSR count). The van der Waals surface area contributed by atoms with Crippen LogP contribution >= 0.6 is 33.3 Å². The molecule has 2 nitrogen and oxygen atoms in total. The maximum Gasteiger partial charge on any atom is 0.0862 e. The van der Waals surface area contributed by atoms with E-state index in [1.54, 1.807) is 33.3 Å². The Morgan fingerprint density at radius 1 is 1.55 bits per heavy atom. The third-order valence-electron chi connectivity index (χ3n) is 1.24. The van der Waals surface area contributed by atoms with E-state index in [0.717, 1.165) is 4.91 Å². The summed E-state index contributed by atoms with van der Waals surface area (Å²) in [6.07, 6.45) is 3.40. The maximum atomic E-state index is 9.92. The Labute approximate surface area is 77.6 Å². The fraction of sp³-hybridized carbons (Fsp3) is 0.333. The summed E-state index contributed by atoms with van der Waals surface area (Å²) in [6.45, 7) is 2.01. The van der Waals surface area contributed by atoms with Crippen molar-refractivity contribution in [1.82, 2.24) is 0 Å². The molecule has 0 aromatic carbocycles. The topological polar surface area (TPSA) is 29.4 Å². The lowest BCUT2D eigenvalue weighted by atomic mass is 10.3. The van der Waals surface area contributed by atoms with E-state index < -0.39 is 0 Å². The molecule has 1 aliphatic rings. The number of nitrogens with zero attached hydrogens (tertiary/aromatic N) is 1. The van der Waals surface area contributed by atoms with Gasteiger partial charge in [0.05, 0.1) is 10.4 Å². The van der Waals surface area contributed by atoms with Crippen molar-refractivity contribution in [2.45, 2.75) is 6.92 Å². The van der Waals surface area contributed by atoms with Crippen LogP contribution in [0.1, 0.15) is 6.92 Å². The molecular formula is C6H7NOS3. The van der Waals surface area contributed by atoms with Crippen LogP contribution in [0.15, 0.2) is 26.1 Å². The summed E-state index contributed by atoms with van der Waals surface area (Å²) in [5.74, 6) is 0. The molecule has 0 N–H and O–H groups in total. The van der Waals surface area contributed by atoms with Gasteiger partial charge in [-0.05, 0) is 45.5 Å². The van der Waals surface area contributed by atoms with Gasteiger partial charge in [-0.25, -0.2) is 0 Å². The average Bonchev–Trinajstić information content (AvgIpc) is 2.34. The molecule has 1 heterocycles. The van der Waals surface area contributed by atoms with E-state index in [1.807, 2.05) is 13.2 Å². The van der Waals surface area contributed by atoms with Crippen LogP contribution in [-0.4, -0.2) is 6.26 Å². The van der Waals surface area contributed by atoms with Crippen LogP contribution in [0.25, 0.3) is 0 Å². The summed E-state index contributed by atoms with van der Waals surface area (Å²) in [5, 5.41) is 2.75. The number of allylic oxidation sites excluding steroid dienone is 1. The second-order valence-electron chi connectivity index (χ2n) is 1.88. The first kappa shape index (κ1) is 9.22. The first-order valence-corrected chi connectivity index (χ1v) is 6.29. The molecule has 0 saturated carbocycles. The summed E-state index contributed by atoms with van der Waals surface area (Å²) in [6, 6.07) is 0. The SMILES string of the molecule is CSC1=C(C)/C(=C/N=O)SS1. The van der Waals surface area contributed by atoms with Gasteiger partial charge in [-0.15, -0.1) is 16.7 Å². The number of hydrogen-bond acceptors (Lipinski definition) is 5. The van der Waals surface area contributed by atoms with E-state index in [0.29, 0.717) is 0 Å². The first-order chi connectivity index (χ1) is 5.29. The molecule has 0 saturated heterocycles. The highest BCUT2D eigenvalue weighted by atomic mass is 33.1. The molecule has 0 aromatic heterocycles. The van der Waals surface area contributed by atoms with Crippen LogP contribution in [0.4, 0.5) is 0 Å². The van der Waals surface area contributed by atoms with Crippen molar-refractivity contribution < 1.29 is 0 Å². The highest BCUT2D eigenvalue weighted by molar-refractivity contribution is 8.82. The molecule has 0 radical (unpaired) electrons. The Morgan fingerprint density at radius 2 is 2.27 bits per heavy atom. The molecule has 0 unspecified atom stereocenters. The average molecular weight is 205 g/mol. The zero-order valence-corrected chi connectivity index (χ0v) is 8.61. The number of hydrogen-bond donors (Lipinski definition) is 0. The van der Waals surface area contributed by atoms with E-state index in [2.05, 4.69) is 5.18 Å². The standard InChI is InChI=1S/C6H7NOS3/c1-4-5(3-7-8)10-11-6(4)9-2/h3H,1-2H3/b5-3-. The molecule has 1 aliphatic heterocycles. The van der Waals surface area contributed by atoms with Crippen LogP contribution in [-0.2, 0) is 0 Å². The zero-order chi connectivity index (χ0) is 8.27. The highest BCUT2D eigenvalue weighted by Crippen LogP contribution is 2.52. The van der Waals surface area contributed by atoms with Crippen LogP contribution in [0.3, 0.4) is 0 Å². The smallest absolute Gasteiger partial charge is 0.0862 e. The van der Waals surface area contributed by atoms with Gasteiger partial charge >= 0.3 is 0 Å². The zero-order valence-electron chi connectivity index (χ0n) is 6.16. The molecule has 0 fully saturated rings. The Kier molecular flexibility index (Phi) is 3.54. The molecule has 0 bridgehead atoms. The molecule has 60 valence electrons. The number of nitroso groups, excluding NO2 is 1. The van der Waals surface area contributed by atoms with Crippen LogP contribution in [0, 0.1) is 4.91 Å². The van der Waals surface area contributed by atoms with Crippen molar-refractivity contribution in [2.75, 3.05) is 6.26 Å². The van der Waals surface area contributed by atoms with Crippen molar-refractivity contribution >= 4 is 33.3 Å². The number of thioether (sulfide) groups is 1. The van der Waals surface area contributed by atoms with Crippen molar-refractivity contribution in [2.24, 2.45) is 5.18 Å². The first-order valence-electron chi connectivity index (χ1n) is 2.92. The summed E-state index contributed by atoms with van der Waals surface area (Å²) < 4.78 is 1.27. The third kappa shape index (κ3) is 2.04. The quantitative estimate of drug-likeness (QED) is 0.509. The molecule has 5 heteroatoms.